The number of alkyl carbamates (subject to hydrolysis) is 1. The second-order valence-corrected chi connectivity index (χ2v) is 13.0. The van der Waals surface area contributed by atoms with Crippen LogP contribution in [0.3, 0.4) is 0 Å². The van der Waals surface area contributed by atoms with Crippen LogP contribution in [0.1, 0.15) is 94.5 Å². The lowest BCUT2D eigenvalue weighted by atomic mass is 9.99. The van der Waals surface area contributed by atoms with E-state index in [1.807, 2.05) is 69.5 Å². The molecule has 2 N–H and O–H groups in total. The Balaban J connectivity index is 2.55. The minimum Gasteiger partial charge on any atom is -0.444 e. The summed E-state index contributed by atoms with van der Waals surface area (Å²) in [4.78, 5) is 43.2. The van der Waals surface area contributed by atoms with Crippen molar-refractivity contribution in [3.63, 3.8) is 0 Å². The number of para-hydroxylation sites is 1. The fourth-order valence-corrected chi connectivity index (χ4v) is 5.38. The van der Waals surface area contributed by atoms with Crippen molar-refractivity contribution in [1.82, 2.24) is 10.2 Å². The van der Waals surface area contributed by atoms with Crippen molar-refractivity contribution in [2.24, 2.45) is 0 Å². The van der Waals surface area contributed by atoms with Crippen LogP contribution in [-0.2, 0) is 14.3 Å². The number of nitrogens with one attached hydrogen (secondary N) is 2. The molecule has 0 saturated heterocycles. The molecule has 0 saturated carbocycles. The maximum Gasteiger partial charge on any atom is 0.408 e. The van der Waals surface area contributed by atoms with Gasteiger partial charge in [-0.05, 0) is 83.1 Å². The van der Waals surface area contributed by atoms with Gasteiger partial charge in [-0.25, -0.2) is 4.79 Å². The number of aryl methyl sites for hydroxylation is 3. The van der Waals surface area contributed by atoms with Crippen LogP contribution >= 0.6 is 11.8 Å². The zero-order valence-electron chi connectivity index (χ0n) is 26.8. The van der Waals surface area contributed by atoms with Crippen molar-refractivity contribution < 1.29 is 19.1 Å². The molecule has 0 aliphatic rings. The number of ether oxygens (including phenoxy) is 1. The lowest BCUT2D eigenvalue weighted by molar-refractivity contribution is -0.141. The van der Waals surface area contributed by atoms with Crippen LogP contribution in [0.5, 0.6) is 0 Å². The number of hydrogen-bond acceptors (Lipinski definition) is 5. The summed E-state index contributed by atoms with van der Waals surface area (Å²) in [7, 11) is 0. The van der Waals surface area contributed by atoms with Crippen molar-refractivity contribution >= 4 is 35.4 Å². The van der Waals surface area contributed by atoms with Gasteiger partial charge in [0, 0.05) is 12.2 Å². The van der Waals surface area contributed by atoms with E-state index < -0.39 is 23.8 Å². The van der Waals surface area contributed by atoms with Gasteiger partial charge >= 0.3 is 6.09 Å². The Morgan fingerprint density at radius 1 is 0.952 bits per heavy atom. The molecule has 2 atom stereocenters. The van der Waals surface area contributed by atoms with E-state index in [0.717, 1.165) is 60.0 Å². The number of thioether (sulfide) groups is 1. The molecule has 7 nitrogen and oxygen atoms in total. The third-order valence-electron chi connectivity index (χ3n) is 7.03. The van der Waals surface area contributed by atoms with Crippen molar-refractivity contribution in [2.75, 3.05) is 23.9 Å². The Kier molecular flexibility index (Phi) is 14.4. The van der Waals surface area contributed by atoms with Crippen LogP contribution < -0.4 is 10.6 Å². The Hall–Kier alpha value is -3.00. The Morgan fingerprint density at radius 3 is 2.19 bits per heavy atom. The zero-order chi connectivity index (χ0) is 31.3. The monoisotopic (exact) mass is 597 g/mol. The molecule has 232 valence electrons. The normalized spacial score (nSPS) is 12.8. The smallest absolute Gasteiger partial charge is 0.408 e. The van der Waals surface area contributed by atoms with Gasteiger partial charge in [-0.3, -0.25) is 9.59 Å². The molecule has 0 bridgehead atoms. The van der Waals surface area contributed by atoms with Gasteiger partial charge < -0.3 is 20.3 Å². The first-order chi connectivity index (χ1) is 19.9. The van der Waals surface area contributed by atoms with E-state index in [1.165, 1.54) is 0 Å². The van der Waals surface area contributed by atoms with Gasteiger partial charge in [0.15, 0.2) is 0 Å². The zero-order valence-corrected chi connectivity index (χ0v) is 27.7. The van der Waals surface area contributed by atoms with Crippen LogP contribution in [-0.4, -0.2) is 53.0 Å². The van der Waals surface area contributed by atoms with E-state index in [4.69, 9.17) is 4.74 Å². The van der Waals surface area contributed by atoms with Crippen LogP contribution in [0.25, 0.3) is 0 Å². The summed E-state index contributed by atoms with van der Waals surface area (Å²) in [6.45, 7) is 13.8. The van der Waals surface area contributed by atoms with Crippen LogP contribution in [0.4, 0.5) is 10.5 Å². The maximum absolute atomic E-state index is 14.4. The topological polar surface area (TPSA) is 87.7 Å². The molecule has 0 heterocycles. The number of unbranched alkanes of at least 4 members (excludes halogenated alkanes) is 4. The van der Waals surface area contributed by atoms with E-state index in [0.29, 0.717) is 18.7 Å². The molecule has 0 radical (unpaired) electrons. The second kappa shape index (κ2) is 17.2. The third kappa shape index (κ3) is 11.3. The molecule has 42 heavy (non-hydrogen) atoms. The average molecular weight is 598 g/mol. The first-order valence-electron chi connectivity index (χ1n) is 15.1. The first-order valence-corrected chi connectivity index (χ1v) is 16.5. The summed E-state index contributed by atoms with van der Waals surface area (Å²) in [5.41, 5.74) is 3.69. The van der Waals surface area contributed by atoms with Crippen molar-refractivity contribution in [3.8, 4) is 0 Å². The fraction of sp³-hybridized carbons (Fsp3) is 0.559. The third-order valence-corrected chi connectivity index (χ3v) is 7.68. The molecular formula is C34H51N3O4S. The minimum atomic E-state index is -0.875. The molecule has 2 aromatic rings. The molecule has 0 fully saturated rings. The lowest BCUT2D eigenvalue weighted by Gasteiger charge is -2.35. The quantitative estimate of drug-likeness (QED) is 0.205. The maximum atomic E-state index is 14.4. The summed E-state index contributed by atoms with van der Waals surface area (Å²) >= 11 is 1.60. The SMILES string of the molecule is CCCCCCCN(C(=O)C(CCSC)NC(=O)OC(C)(C)C)C(C(=O)Nc1c(C)cccc1C)c1cccc(C)c1. The van der Waals surface area contributed by atoms with E-state index in [-0.39, 0.29) is 11.8 Å². The van der Waals surface area contributed by atoms with E-state index in [2.05, 4.69) is 17.6 Å². The van der Waals surface area contributed by atoms with Gasteiger partial charge in [0.25, 0.3) is 5.91 Å². The number of benzene rings is 2. The summed E-state index contributed by atoms with van der Waals surface area (Å²) in [6, 6.07) is 11.9. The van der Waals surface area contributed by atoms with Gasteiger partial charge in [0.2, 0.25) is 5.91 Å². The standard InChI is InChI=1S/C34H51N3O4S/c1-9-10-11-12-13-21-37(32(39)28(20-22-42-8)35-33(40)41-34(5,6)7)30(27-19-14-16-24(2)23-27)31(38)36-29-25(3)17-15-18-26(29)4/h14-19,23,28,30H,9-13,20-22H2,1-8H3,(H,35,40)(H,36,38). The number of hydrogen-bond donors (Lipinski definition) is 2. The first kappa shape index (κ1) is 35.2. The molecule has 0 spiro atoms. The minimum absolute atomic E-state index is 0.277. The molecule has 0 aromatic heterocycles. The fourth-order valence-electron chi connectivity index (χ4n) is 4.91. The van der Waals surface area contributed by atoms with Gasteiger partial charge in [0.1, 0.15) is 17.7 Å². The van der Waals surface area contributed by atoms with Crippen molar-refractivity contribution in [3.05, 3.63) is 64.7 Å². The molecule has 2 unspecified atom stereocenters. The highest BCUT2D eigenvalue weighted by Gasteiger charge is 2.36. The van der Waals surface area contributed by atoms with E-state index >= 15 is 0 Å². The molecule has 8 heteroatoms. The highest BCUT2D eigenvalue weighted by molar-refractivity contribution is 7.98. The largest absolute Gasteiger partial charge is 0.444 e. The summed E-state index contributed by atoms with van der Waals surface area (Å²) < 4.78 is 5.51. The second-order valence-electron chi connectivity index (χ2n) is 12.0. The molecular weight excluding hydrogens is 546 g/mol. The predicted octanol–water partition coefficient (Wildman–Crippen LogP) is 7.74. The summed E-state index contributed by atoms with van der Waals surface area (Å²) in [6.07, 6.45) is 6.75. The lowest BCUT2D eigenvalue weighted by Crippen LogP contribution is -2.52. The predicted molar refractivity (Wildman–Crippen MR) is 175 cm³/mol. The molecule has 2 rings (SSSR count). The van der Waals surface area contributed by atoms with E-state index in [1.54, 1.807) is 37.4 Å². The Bertz CT molecular complexity index is 1160. The number of carbonyl (C=O) groups excluding carboxylic acids is 3. The molecule has 0 aliphatic heterocycles. The van der Waals surface area contributed by atoms with Gasteiger partial charge in [-0.15, -0.1) is 0 Å². The van der Waals surface area contributed by atoms with Gasteiger partial charge in [-0.1, -0.05) is 80.6 Å². The average Bonchev–Trinajstić information content (AvgIpc) is 2.91. The Morgan fingerprint density at radius 2 is 1.60 bits per heavy atom. The highest BCUT2D eigenvalue weighted by Crippen LogP contribution is 2.28. The number of carbonyl (C=O) groups is 3. The number of rotatable bonds is 15. The number of anilines is 1. The van der Waals surface area contributed by atoms with Gasteiger partial charge in [0.05, 0.1) is 0 Å². The van der Waals surface area contributed by atoms with Gasteiger partial charge in [-0.2, -0.15) is 11.8 Å². The van der Waals surface area contributed by atoms with Crippen molar-refractivity contribution in [1.29, 1.82) is 0 Å². The Labute approximate surface area is 257 Å². The van der Waals surface area contributed by atoms with Crippen LogP contribution in [0.2, 0.25) is 0 Å². The summed E-state index contributed by atoms with van der Waals surface area (Å²) in [5.74, 6) is 0.106. The number of nitrogens with zero attached hydrogens (tertiary/aromatic N) is 1. The number of amides is 3. The van der Waals surface area contributed by atoms with Crippen molar-refractivity contribution in [2.45, 2.75) is 105 Å². The summed E-state index contributed by atoms with van der Waals surface area (Å²) in [5, 5.41) is 5.97. The molecule has 2 aromatic carbocycles. The molecule has 3 amide bonds. The highest BCUT2D eigenvalue weighted by atomic mass is 32.2. The van der Waals surface area contributed by atoms with Crippen LogP contribution in [0, 0.1) is 20.8 Å². The van der Waals surface area contributed by atoms with Crippen LogP contribution in [0.15, 0.2) is 42.5 Å². The molecule has 0 aliphatic carbocycles. The van der Waals surface area contributed by atoms with E-state index in [9.17, 15) is 14.4 Å².